The summed E-state index contributed by atoms with van der Waals surface area (Å²) in [6.45, 7) is 9.53. The fraction of sp³-hybridized carbons (Fsp3) is 1.00. The van der Waals surface area contributed by atoms with Crippen LogP contribution in [0.2, 0.25) is 0 Å². The highest BCUT2D eigenvalue weighted by molar-refractivity contribution is 4.99. The Morgan fingerprint density at radius 1 is 1.35 bits per heavy atom. The lowest BCUT2D eigenvalue weighted by Gasteiger charge is -2.50. The van der Waals surface area contributed by atoms with Gasteiger partial charge >= 0.3 is 0 Å². The Hall–Kier alpha value is -0.0800. The van der Waals surface area contributed by atoms with Crippen LogP contribution in [-0.2, 0) is 0 Å². The molecule has 102 valence electrons. The third kappa shape index (κ3) is 3.23. The van der Waals surface area contributed by atoms with Crippen molar-refractivity contribution in [1.82, 2.24) is 0 Å². The van der Waals surface area contributed by atoms with Crippen molar-refractivity contribution in [3.8, 4) is 0 Å². The molecule has 0 heterocycles. The Kier molecular flexibility index (Phi) is 5.03. The van der Waals surface area contributed by atoms with Gasteiger partial charge in [-0.2, -0.15) is 0 Å². The van der Waals surface area contributed by atoms with Gasteiger partial charge in [0, 0.05) is 12.0 Å². The molecule has 3 unspecified atom stereocenters. The summed E-state index contributed by atoms with van der Waals surface area (Å²) in [7, 11) is 0. The molecule has 0 aromatic heterocycles. The summed E-state index contributed by atoms with van der Waals surface area (Å²) in [5, 5.41) is 10.7. The maximum absolute atomic E-state index is 10.7. The predicted octanol–water partition coefficient (Wildman–Crippen LogP) is 3.33. The topological polar surface area (TPSA) is 46.2 Å². The van der Waals surface area contributed by atoms with E-state index in [9.17, 15) is 5.11 Å². The molecule has 17 heavy (non-hydrogen) atoms. The van der Waals surface area contributed by atoms with Crippen molar-refractivity contribution in [3.63, 3.8) is 0 Å². The number of nitrogens with two attached hydrogens (primary N) is 1. The number of hydrogen-bond donors (Lipinski definition) is 2. The first kappa shape index (κ1) is 15.0. The fourth-order valence-corrected chi connectivity index (χ4v) is 3.80. The van der Waals surface area contributed by atoms with E-state index in [0.717, 1.165) is 19.3 Å². The predicted molar refractivity (Wildman–Crippen MR) is 73.8 cm³/mol. The van der Waals surface area contributed by atoms with Crippen LogP contribution in [0.4, 0.5) is 0 Å². The van der Waals surface area contributed by atoms with E-state index in [2.05, 4.69) is 27.7 Å². The molecular formula is C15H31NO. The van der Waals surface area contributed by atoms with E-state index in [1.807, 2.05) is 0 Å². The second-order valence-corrected chi connectivity index (χ2v) is 6.91. The minimum absolute atomic E-state index is 0.0313. The molecule has 0 aromatic rings. The Bertz CT molecular complexity index is 239. The van der Waals surface area contributed by atoms with E-state index in [0.29, 0.717) is 12.5 Å². The molecule has 3 N–H and O–H groups in total. The summed E-state index contributed by atoms with van der Waals surface area (Å²) in [5.41, 5.74) is 6.03. The molecule has 0 amide bonds. The van der Waals surface area contributed by atoms with Crippen LogP contribution in [0, 0.1) is 16.7 Å². The minimum atomic E-state index is -0.243. The highest BCUT2D eigenvalue weighted by Crippen LogP contribution is 2.49. The number of hydrogen-bond acceptors (Lipinski definition) is 2. The lowest BCUT2D eigenvalue weighted by Crippen LogP contribution is -2.52. The lowest BCUT2D eigenvalue weighted by molar-refractivity contribution is -0.0983. The summed E-state index contributed by atoms with van der Waals surface area (Å²) in [5.74, 6) is 0.673. The zero-order valence-corrected chi connectivity index (χ0v) is 12.1. The first-order valence-electron chi connectivity index (χ1n) is 7.26. The zero-order chi connectivity index (χ0) is 13.1. The molecule has 0 aliphatic heterocycles. The standard InChI is InChI=1S/C15H31NO/c1-5-7-12(2)10-15(11-16)9-6-8-14(3,4)13(15)17/h12-13,17H,5-11,16H2,1-4H3. The minimum Gasteiger partial charge on any atom is -0.392 e. The van der Waals surface area contributed by atoms with Gasteiger partial charge in [-0.05, 0) is 30.6 Å². The van der Waals surface area contributed by atoms with Gasteiger partial charge in [0.05, 0.1) is 6.10 Å². The smallest absolute Gasteiger partial charge is 0.0659 e. The van der Waals surface area contributed by atoms with Crippen LogP contribution in [0.1, 0.15) is 66.2 Å². The highest BCUT2D eigenvalue weighted by Gasteiger charge is 2.47. The average molecular weight is 241 g/mol. The van der Waals surface area contributed by atoms with E-state index >= 15 is 0 Å². The van der Waals surface area contributed by atoms with Crippen LogP contribution in [0.5, 0.6) is 0 Å². The third-order valence-corrected chi connectivity index (χ3v) is 4.76. The number of rotatable bonds is 5. The quantitative estimate of drug-likeness (QED) is 0.775. The molecule has 0 bridgehead atoms. The molecule has 2 nitrogen and oxygen atoms in total. The molecule has 0 radical (unpaired) electrons. The van der Waals surface area contributed by atoms with E-state index in [1.165, 1.54) is 19.3 Å². The van der Waals surface area contributed by atoms with Crippen molar-refractivity contribution < 1.29 is 5.11 Å². The van der Waals surface area contributed by atoms with Crippen molar-refractivity contribution >= 4 is 0 Å². The summed E-state index contributed by atoms with van der Waals surface area (Å²) in [6.07, 6.45) is 6.74. The zero-order valence-electron chi connectivity index (χ0n) is 12.1. The van der Waals surface area contributed by atoms with E-state index in [1.54, 1.807) is 0 Å². The second-order valence-electron chi connectivity index (χ2n) is 6.91. The van der Waals surface area contributed by atoms with Gasteiger partial charge in [-0.15, -0.1) is 0 Å². The van der Waals surface area contributed by atoms with Gasteiger partial charge in [0.1, 0.15) is 0 Å². The average Bonchev–Trinajstić information content (AvgIpc) is 2.25. The van der Waals surface area contributed by atoms with E-state index in [-0.39, 0.29) is 16.9 Å². The molecule has 1 saturated carbocycles. The Morgan fingerprint density at radius 2 is 2.00 bits per heavy atom. The van der Waals surface area contributed by atoms with Crippen molar-refractivity contribution in [1.29, 1.82) is 0 Å². The molecule has 3 atom stereocenters. The van der Waals surface area contributed by atoms with Crippen LogP contribution in [-0.4, -0.2) is 17.8 Å². The fourth-order valence-electron chi connectivity index (χ4n) is 3.80. The highest BCUT2D eigenvalue weighted by atomic mass is 16.3. The summed E-state index contributed by atoms with van der Waals surface area (Å²) in [6, 6.07) is 0. The Morgan fingerprint density at radius 3 is 2.53 bits per heavy atom. The Labute approximate surface area is 107 Å². The van der Waals surface area contributed by atoms with Crippen molar-refractivity contribution in [2.75, 3.05) is 6.54 Å². The molecule has 1 aliphatic rings. The SMILES string of the molecule is CCCC(C)CC1(CN)CCCC(C)(C)C1O. The maximum Gasteiger partial charge on any atom is 0.0659 e. The normalized spacial score (nSPS) is 34.6. The monoisotopic (exact) mass is 241 g/mol. The van der Waals surface area contributed by atoms with Gasteiger partial charge < -0.3 is 10.8 Å². The molecule has 0 spiro atoms. The number of aliphatic hydroxyl groups excluding tert-OH is 1. The van der Waals surface area contributed by atoms with Crippen LogP contribution in [0.3, 0.4) is 0 Å². The van der Waals surface area contributed by atoms with Gasteiger partial charge in [0.15, 0.2) is 0 Å². The molecule has 0 saturated heterocycles. The van der Waals surface area contributed by atoms with Crippen molar-refractivity contribution in [3.05, 3.63) is 0 Å². The van der Waals surface area contributed by atoms with E-state index < -0.39 is 0 Å². The molecule has 0 aromatic carbocycles. The van der Waals surface area contributed by atoms with Gasteiger partial charge in [-0.25, -0.2) is 0 Å². The van der Waals surface area contributed by atoms with Crippen LogP contribution in [0.25, 0.3) is 0 Å². The van der Waals surface area contributed by atoms with Gasteiger partial charge in [0.2, 0.25) is 0 Å². The van der Waals surface area contributed by atoms with Gasteiger partial charge in [0.25, 0.3) is 0 Å². The molecule has 1 fully saturated rings. The van der Waals surface area contributed by atoms with Crippen LogP contribution in [0.15, 0.2) is 0 Å². The summed E-state index contributed by atoms with van der Waals surface area (Å²) in [4.78, 5) is 0. The number of aliphatic hydroxyl groups is 1. The van der Waals surface area contributed by atoms with Crippen molar-refractivity contribution in [2.45, 2.75) is 72.3 Å². The lowest BCUT2D eigenvalue weighted by atomic mass is 9.58. The summed E-state index contributed by atoms with van der Waals surface area (Å²) >= 11 is 0. The largest absolute Gasteiger partial charge is 0.392 e. The van der Waals surface area contributed by atoms with E-state index in [4.69, 9.17) is 5.73 Å². The van der Waals surface area contributed by atoms with Crippen molar-refractivity contribution in [2.24, 2.45) is 22.5 Å². The van der Waals surface area contributed by atoms with Gasteiger partial charge in [-0.3, -0.25) is 0 Å². The molecule has 1 aliphatic carbocycles. The first-order chi connectivity index (χ1) is 7.88. The van der Waals surface area contributed by atoms with Crippen LogP contribution >= 0.6 is 0 Å². The van der Waals surface area contributed by atoms with Gasteiger partial charge in [-0.1, -0.05) is 47.0 Å². The summed E-state index contributed by atoms with van der Waals surface area (Å²) < 4.78 is 0. The Balaban J connectivity index is 2.79. The second kappa shape index (κ2) is 5.71. The third-order valence-electron chi connectivity index (χ3n) is 4.76. The first-order valence-corrected chi connectivity index (χ1v) is 7.26. The maximum atomic E-state index is 10.7. The molecule has 2 heteroatoms. The molecule has 1 rings (SSSR count). The molecular weight excluding hydrogens is 210 g/mol. The van der Waals surface area contributed by atoms with Crippen LogP contribution < -0.4 is 5.73 Å².